The van der Waals surface area contributed by atoms with Crippen LogP contribution in [0.25, 0.3) is 22.4 Å². The lowest BCUT2D eigenvalue weighted by atomic mass is 10.2. The second kappa shape index (κ2) is 6.33. The normalized spacial score (nSPS) is 11.4. The number of amidine groups is 1. The topological polar surface area (TPSA) is 76.9 Å². The molecule has 0 aliphatic heterocycles. The zero-order valence-corrected chi connectivity index (χ0v) is 12.7. The van der Waals surface area contributed by atoms with Crippen molar-refractivity contribution in [3.8, 4) is 17.6 Å². The van der Waals surface area contributed by atoms with Crippen molar-refractivity contribution in [2.24, 2.45) is 4.99 Å². The first-order chi connectivity index (χ1) is 10.8. The number of hydrogen-bond donors (Lipinski definition) is 2. The van der Waals surface area contributed by atoms with Gasteiger partial charge in [0.15, 0.2) is 11.4 Å². The van der Waals surface area contributed by atoms with Gasteiger partial charge in [-0.05, 0) is 18.4 Å². The molecule has 3 rings (SSSR count). The fraction of sp³-hybridized carbons (Fsp3) is 0.0625. The smallest absolute Gasteiger partial charge is 0.183 e. The van der Waals surface area contributed by atoms with Gasteiger partial charge in [-0.2, -0.15) is 5.26 Å². The van der Waals surface area contributed by atoms with Crippen molar-refractivity contribution in [1.82, 2.24) is 15.3 Å². The maximum atomic E-state index is 8.73. The Morgan fingerprint density at radius 2 is 2.05 bits per heavy atom. The Balaban J connectivity index is 2.10. The molecule has 0 fully saturated rings. The molecular formula is C16H13N5S. The second-order valence-electron chi connectivity index (χ2n) is 4.48. The van der Waals surface area contributed by atoms with E-state index in [1.165, 1.54) is 11.8 Å². The first-order valence-electron chi connectivity index (χ1n) is 6.64. The van der Waals surface area contributed by atoms with Gasteiger partial charge < -0.3 is 4.98 Å². The molecule has 2 N–H and O–H groups in total. The van der Waals surface area contributed by atoms with E-state index in [1.54, 1.807) is 0 Å². The molecule has 1 aromatic heterocycles. The molecule has 5 nitrogen and oxygen atoms in total. The molecule has 108 valence electrons. The molecule has 0 amide bonds. The van der Waals surface area contributed by atoms with E-state index >= 15 is 0 Å². The fourth-order valence-electron chi connectivity index (χ4n) is 2.12. The Labute approximate surface area is 132 Å². The predicted octanol–water partition coefficient (Wildman–Crippen LogP) is 3.65. The standard InChI is InChI=1S/C16H13N5S/c1-22-16(18-10-17)20-13-9-5-8-12-14(13)21-15(19-12)11-6-3-2-4-7-11/h2-9H,1H3,(H,18,20)(H,19,21). The maximum absolute atomic E-state index is 8.73. The summed E-state index contributed by atoms with van der Waals surface area (Å²) in [6.07, 6.45) is 3.75. The highest BCUT2D eigenvalue weighted by Crippen LogP contribution is 2.28. The van der Waals surface area contributed by atoms with Crippen LogP contribution >= 0.6 is 11.8 Å². The lowest BCUT2D eigenvalue weighted by molar-refractivity contribution is 1.28. The molecule has 22 heavy (non-hydrogen) atoms. The number of nitrogens with zero attached hydrogens (tertiary/aromatic N) is 3. The summed E-state index contributed by atoms with van der Waals surface area (Å²) in [4.78, 5) is 12.4. The Hall–Kier alpha value is -2.78. The Bertz CT molecular complexity index is 861. The van der Waals surface area contributed by atoms with Gasteiger partial charge in [-0.3, -0.25) is 5.32 Å². The van der Waals surface area contributed by atoms with Crippen molar-refractivity contribution < 1.29 is 0 Å². The summed E-state index contributed by atoms with van der Waals surface area (Å²) in [5, 5.41) is 11.8. The van der Waals surface area contributed by atoms with Gasteiger partial charge in [0.2, 0.25) is 0 Å². The first kappa shape index (κ1) is 14.2. The van der Waals surface area contributed by atoms with Crippen molar-refractivity contribution in [2.75, 3.05) is 6.26 Å². The van der Waals surface area contributed by atoms with E-state index in [9.17, 15) is 0 Å². The van der Waals surface area contributed by atoms with Gasteiger partial charge in [0.25, 0.3) is 0 Å². The number of H-pyrrole nitrogens is 1. The van der Waals surface area contributed by atoms with E-state index in [2.05, 4.69) is 20.3 Å². The van der Waals surface area contributed by atoms with Crippen LogP contribution in [0.4, 0.5) is 5.69 Å². The van der Waals surface area contributed by atoms with Crippen LogP contribution in [0.15, 0.2) is 53.5 Å². The van der Waals surface area contributed by atoms with Gasteiger partial charge in [-0.15, -0.1) is 0 Å². The number of rotatable bonds is 2. The van der Waals surface area contributed by atoms with Gasteiger partial charge in [0.05, 0.1) is 11.2 Å². The number of benzene rings is 2. The van der Waals surface area contributed by atoms with E-state index in [0.717, 1.165) is 28.1 Å². The summed E-state index contributed by atoms with van der Waals surface area (Å²) in [6, 6.07) is 15.7. The SMILES string of the molecule is CSC(=Nc1cccc2[nH]c(-c3ccccc3)nc12)NC#N. The molecule has 1 heterocycles. The van der Waals surface area contributed by atoms with Crippen molar-refractivity contribution >= 4 is 33.7 Å². The highest BCUT2D eigenvalue weighted by molar-refractivity contribution is 8.13. The lowest BCUT2D eigenvalue weighted by Gasteiger charge is -2.00. The van der Waals surface area contributed by atoms with Crippen molar-refractivity contribution in [2.45, 2.75) is 0 Å². The molecule has 0 saturated heterocycles. The minimum absolute atomic E-state index is 0.541. The number of nitrogens with one attached hydrogen (secondary N) is 2. The first-order valence-corrected chi connectivity index (χ1v) is 7.86. The van der Waals surface area contributed by atoms with Gasteiger partial charge >= 0.3 is 0 Å². The number of fused-ring (bicyclic) bond motifs is 1. The van der Waals surface area contributed by atoms with E-state index in [0.29, 0.717) is 5.17 Å². The summed E-state index contributed by atoms with van der Waals surface area (Å²) < 4.78 is 0. The quantitative estimate of drug-likeness (QED) is 0.328. The van der Waals surface area contributed by atoms with E-state index < -0.39 is 0 Å². The second-order valence-corrected chi connectivity index (χ2v) is 5.28. The summed E-state index contributed by atoms with van der Waals surface area (Å²) in [5.74, 6) is 0.803. The average Bonchev–Trinajstić information content (AvgIpc) is 3.00. The van der Waals surface area contributed by atoms with E-state index in [1.807, 2.05) is 61.0 Å². The third-order valence-electron chi connectivity index (χ3n) is 3.12. The summed E-state index contributed by atoms with van der Waals surface area (Å²) in [7, 11) is 0. The molecule has 0 bridgehead atoms. The summed E-state index contributed by atoms with van der Waals surface area (Å²) >= 11 is 1.38. The van der Waals surface area contributed by atoms with Gasteiger partial charge in [0, 0.05) is 5.56 Å². The number of aromatic amines is 1. The van der Waals surface area contributed by atoms with E-state index in [4.69, 9.17) is 5.26 Å². The maximum Gasteiger partial charge on any atom is 0.183 e. The number of imidazole rings is 1. The zero-order chi connectivity index (χ0) is 15.4. The number of aliphatic imine (C=N–C) groups is 1. The Morgan fingerprint density at radius 1 is 1.23 bits per heavy atom. The van der Waals surface area contributed by atoms with E-state index in [-0.39, 0.29) is 0 Å². The molecule has 2 aromatic carbocycles. The zero-order valence-electron chi connectivity index (χ0n) is 11.9. The average molecular weight is 307 g/mol. The molecule has 0 atom stereocenters. The molecule has 0 spiro atoms. The van der Waals surface area contributed by atoms with Crippen LogP contribution < -0.4 is 5.32 Å². The monoisotopic (exact) mass is 307 g/mol. The number of nitriles is 1. The Morgan fingerprint density at radius 3 is 2.77 bits per heavy atom. The van der Waals surface area contributed by atoms with Gasteiger partial charge in [0.1, 0.15) is 11.3 Å². The summed E-state index contributed by atoms with van der Waals surface area (Å²) in [5.41, 5.74) is 3.45. The number of hydrogen-bond acceptors (Lipinski definition) is 4. The molecule has 6 heteroatoms. The number of para-hydroxylation sites is 1. The Kier molecular flexibility index (Phi) is 4.08. The van der Waals surface area contributed by atoms with Crippen LogP contribution in [0.5, 0.6) is 0 Å². The lowest BCUT2D eigenvalue weighted by Crippen LogP contribution is -2.12. The van der Waals surface area contributed by atoms with Crippen LogP contribution in [-0.4, -0.2) is 21.4 Å². The van der Waals surface area contributed by atoms with Crippen LogP contribution in [-0.2, 0) is 0 Å². The molecular weight excluding hydrogens is 294 g/mol. The molecule has 0 unspecified atom stereocenters. The van der Waals surface area contributed by atoms with Crippen molar-refractivity contribution in [1.29, 1.82) is 5.26 Å². The van der Waals surface area contributed by atoms with Crippen LogP contribution in [0, 0.1) is 11.5 Å². The molecule has 0 aliphatic carbocycles. The number of thioether (sulfide) groups is 1. The van der Waals surface area contributed by atoms with Crippen LogP contribution in [0.2, 0.25) is 0 Å². The fourth-order valence-corrected chi connectivity index (χ4v) is 2.46. The molecule has 0 radical (unpaired) electrons. The third-order valence-corrected chi connectivity index (χ3v) is 3.70. The van der Waals surface area contributed by atoms with Crippen molar-refractivity contribution in [3.05, 3.63) is 48.5 Å². The highest BCUT2D eigenvalue weighted by atomic mass is 32.2. The molecule has 0 saturated carbocycles. The highest BCUT2D eigenvalue weighted by Gasteiger charge is 2.09. The molecule has 0 aliphatic rings. The van der Waals surface area contributed by atoms with Gasteiger partial charge in [-0.25, -0.2) is 9.98 Å². The van der Waals surface area contributed by atoms with Gasteiger partial charge in [-0.1, -0.05) is 48.2 Å². The van der Waals surface area contributed by atoms with Crippen molar-refractivity contribution in [3.63, 3.8) is 0 Å². The summed E-state index contributed by atoms with van der Waals surface area (Å²) in [6.45, 7) is 0. The van der Waals surface area contributed by atoms with Crippen LogP contribution in [0.3, 0.4) is 0 Å². The molecule has 3 aromatic rings. The van der Waals surface area contributed by atoms with Crippen LogP contribution in [0.1, 0.15) is 0 Å². The minimum atomic E-state index is 0.541. The number of aromatic nitrogens is 2. The third kappa shape index (κ3) is 2.80. The predicted molar refractivity (Wildman–Crippen MR) is 90.9 cm³/mol. The minimum Gasteiger partial charge on any atom is -0.338 e. The largest absolute Gasteiger partial charge is 0.338 e.